The molecule has 0 saturated carbocycles. The SMILES string of the molecule is CC/C(=C\c1ccc(C(C)(C)C)cc1)[N+](=O)[O-]. The first kappa shape index (κ1) is 13.4. The second-order valence-electron chi connectivity index (χ2n) is 5.12. The summed E-state index contributed by atoms with van der Waals surface area (Å²) in [4.78, 5) is 10.4. The summed E-state index contributed by atoms with van der Waals surface area (Å²) in [6.45, 7) is 8.23. The Kier molecular flexibility index (Phi) is 4.05. The molecule has 0 aliphatic carbocycles. The molecule has 0 aromatic heterocycles. The Labute approximate surface area is 102 Å². The van der Waals surface area contributed by atoms with E-state index in [2.05, 4.69) is 20.8 Å². The lowest BCUT2D eigenvalue weighted by Gasteiger charge is -2.18. The van der Waals surface area contributed by atoms with Crippen LogP contribution in [0.25, 0.3) is 6.08 Å². The van der Waals surface area contributed by atoms with Crippen molar-refractivity contribution in [3.63, 3.8) is 0 Å². The maximum Gasteiger partial charge on any atom is 0.246 e. The van der Waals surface area contributed by atoms with Gasteiger partial charge in [-0.15, -0.1) is 0 Å². The van der Waals surface area contributed by atoms with Gasteiger partial charge in [0.15, 0.2) is 0 Å². The third-order valence-corrected chi connectivity index (χ3v) is 2.71. The second-order valence-corrected chi connectivity index (χ2v) is 5.12. The molecule has 0 atom stereocenters. The van der Waals surface area contributed by atoms with Gasteiger partial charge in [0.05, 0.1) is 4.92 Å². The zero-order chi connectivity index (χ0) is 13.1. The Hall–Kier alpha value is -1.64. The Morgan fingerprint density at radius 3 is 2.18 bits per heavy atom. The van der Waals surface area contributed by atoms with Gasteiger partial charge in [0.2, 0.25) is 5.70 Å². The highest BCUT2D eigenvalue weighted by molar-refractivity contribution is 5.51. The van der Waals surface area contributed by atoms with E-state index in [1.165, 1.54) is 5.56 Å². The zero-order valence-corrected chi connectivity index (χ0v) is 10.9. The average Bonchev–Trinajstić information content (AvgIpc) is 2.25. The van der Waals surface area contributed by atoms with Crippen LogP contribution in [0.15, 0.2) is 30.0 Å². The highest BCUT2D eigenvalue weighted by Crippen LogP contribution is 2.23. The lowest BCUT2D eigenvalue weighted by atomic mass is 9.86. The first-order valence-corrected chi connectivity index (χ1v) is 5.80. The average molecular weight is 233 g/mol. The minimum Gasteiger partial charge on any atom is -0.259 e. The number of hydrogen-bond acceptors (Lipinski definition) is 2. The van der Waals surface area contributed by atoms with Gasteiger partial charge in [-0.2, -0.15) is 0 Å². The molecule has 0 fully saturated rings. The first-order valence-electron chi connectivity index (χ1n) is 5.80. The number of nitrogens with zero attached hydrogens (tertiary/aromatic N) is 1. The molecule has 0 aliphatic rings. The molecule has 3 nitrogen and oxygen atoms in total. The highest BCUT2D eigenvalue weighted by atomic mass is 16.6. The Morgan fingerprint density at radius 2 is 1.82 bits per heavy atom. The van der Waals surface area contributed by atoms with Crippen molar-refractivity contribution >= 4 is 6.08 Å². The summed E-state index contributed by atoms with van der Waals surface area (Å²) in [5.41, 5.74) is 2.47. The van der Waals surface area contributed by atoms with Crippen LogP contribution in [0, 0.1) is 10.1 Å². The topological polar surface area (TPSA) is 43.1 Å². The largest absolute Gasteiger partial charge is 0.259 e. The van der Waals surface area contributed by atoms with Crippen molar-refractivity contribution in [1.82, 2.24) is 0 Å². The van der Waals surface area contributed by atoms with E-state index in [0.717, 1.165) is 5.56 Å². The van der Waals surface area contributed by atoms with Gasteiger partial charge in [0, 0.05) is 12.5 Å². The zero-order valence-electron chi connectivity index (χ0n) is 10.9. The third-order valence-electron chi connectivity index (χ3n) is 2.71. The van der Waals surface area contributed by atoms with Gasteiger partial charge >= 0.3 is 0 Å². The maximum atomic E-state index is 10.7. The Bertz CT molecular complexity index is 425. The summed E-state index contributed by atoms with van der Waals surface area (Å²) < 4.78 is 0. The van der Waals surface area contributed by atoms with Crippen molar-refractivity contribution in [3.8, 4) is 0 Å². The highest BCUT2D eigenvalue weighted by Gasteiger charge is 2.13. The molecule has 0 amide bonds. The number of allylic oxidation sites excluding steroid dienone is 1. The van der Waals surface area contributed by atoms with Crippen molar-refractivity contribution in [2.75, 3.05) is 0 Å². The standard InChI is InChI=1S/C14H19NO2/c1-5-13(15(16)17)10-11-6-8-12(9-7-11)14(2,3)4/h6-10H,5H2,1-4H3/b13-10+. The molecule has 17 heavy (non-hydrogen) atoms. The van der Waals surface area contributed by atoms with E-state index in [1.807, 2.05) is 24.3 Å². The van der Waals surface area contributed by atoms with Crippen LogP contribution in [0.3, 0.4) is 0 Å². The lowest BCUT2D eigenvalue weighted by Crippen LogP contribution is -2.10. The summed E-state index contributed by atoms with van der Waals surface area (Å²) in [6, 6.07) is 7.91. The molecule has 0 heterocycles. The summed E-state index contributed by atoms with van der Waals surface area (Å²) >= 11 is 0. The van der Waals surface area contributed by atoms with Crippen molar-refractivity contribution in [3.05, 3.63) is 51.2 Å². The fourth-order valence-electron chi connectivity index (χ4n) is 1.56. The fourth-order valence-corrected chi connectivity index (χ4v) is 1.56. The summed E-state index contributed by atoms with van der Waals surface area (Å²) in [7, 11) is 0. The predicted molar refractivity (Wildman–Crippen MR) is 70.4 cm³/mol. The van der Waals surface area contributed by atoms with Crippen LogP contribution >= 0.6 is 0 Å². The molecule has 0 N–H and O–H groups in total. The predicted octanol–water partition coefficient (Wildman–Crippen LogP) is 4.01. The lowest BCUT2D eigenvalue weighted by molar-refractivity contribution is -0.425. The van der Waals surface area contributed by atoms with E-state index in [0.29, 0.717) is 6.42 Å². The van der Waals surface area contributed by atoms with E-state index in [4.69, 9.17) is 0 Å². The van der Waals surface area contributed by atoms with Gasteiger partial charge in [-0.1, -0.05) is 52.0 Å². The molecule has 0 aliphatic heterocycles. The normalized spacial score (nSPS) is 12.6. The summed E-state index contributed by atoms with van der Waals surface area (Å²) in [5, 5.41) is 10.7. The molecule has 0 radical (unpaired) electrons. The monoisotopic (exact) mass is 233 g/mol. The van der Waals surface area contributed by atoms with Crippen LogP contribution in [-0.4, -0.2) is 4.92 Å². The molecule has 1 aromatic carbocycles. The summed E-state index contributed by atoms with van der Waals surface area (Å²) in [5.74, 6) is 0. The molecular weight excluding hydrogens is 214 g/mol. The van der Waals surface area contributed by atoms with Gasteiger partial charge < -0.3 is 0 Å². The van der Waals surface area contributed by atoms with E-state index < -0.39 is 0 Å². The quantitative estimate of drug-likeness (QED) is 0.584. The maximum absolute atomic E-state index is 10.7. The van der Waals surface area contributed by atoms with E-state index in [-0.39, 0.29) is 16.0 Å². The molecule has 0 saturated heterocycles. The number of nitro groups is 1. The van der Waals surface area contributed by atoms with Crippen LogP contribution in [0.2, 0.25) is 0 Å². The number of rotatable bonds is 3. The minimum atomic E-state index is -0.322. The Balaban J connectivity index is 3.00. The van der Waals surface area contributed by atoms with Crippen molar-refractivity contribution in [2.45, 2.75) is 39.5 Å². The molecule has 1 aromatic rings. The van der Waals surface area contributed by atoms with Crippen LogP contribution in [0.4, 0.5) is 0 Å². The summed E-state index contributed by atoms with van der Waals surface area (Å²) in [6.07, 6.45) is 2.07. The van der Waals surface area contributed by atoms with Gasteiger partial charge in [0.25, 0.3) is 0 Å². The molecule has 0 unspecified atom stereocenters. The molecular formula is C14H19NO2. The third kappa shape index (κ3) is 3.70. The minimum absolute atomic E-state index is 0.110. The van der Waals surface area contributed by atoms with E-state index in [9.17, 15) is 10.1 Å². The van der Waals surface area contributed by atoms with E-state index in [1.54, 1.807) is 13.0 Å². The van der Waals surface area contributed by atoms with Crippen LogP contribution in [-0.2, 0) is 5.41 Å². The van der Waals surface area contributed by atoms with Crippen LogP contribution < -0.4 is 0 Å². The molecule has 1 rings (SSSR count). The van der Waals surface area contributed by atoms with Crippen molar-refractivity contribution in [2.24, 2.45) is 0 Å². The molecule has 92 valence electrons. The number of benzene rings is 1. The first-order chi connectivity index (χ1) is 7.84. The van der Waals surface area contributed by atoms with Crippen LogP contribution in [0.1, 0.15) is 45.2 Å². The van der Waals surface area contributed by atoms with Crippen LogP contribution in [0.5, 0.6) is 0 Å². The fraction of sp³-hybridized carbons (Fsp3) is 0.429. The smallest absolute Gasteiger partial charge is 0.246 e. The van der Waals surface area contributed by atoms with Crippen molar-refractivity contribution < 1.29 is 4.92 Å². The van der Waals surface area contributed by atoms with Crippen molar-refractivity contribution in [1.29, 1.82) is 0 Å². The number of hydrogen-bond donors (Lipinski definition) is 0. The van der Waals surface area contributed by atoms with Gasteiger partial charge in [-0.05, 0) is 16.5 Å². The Morgan fingerprint density at radius 1 is 1.29 bits per heavy atom. The van der Waals surface area contributed by atoms with Gasteiger partial charge in [0.1, 0.15) is 0 Å². The van der Waals surface area contributed by atoms with Gasteiger partial charge in [-0.3, -0.25) is 10.1 Å². The van der Waals surface area contributed by atoms with E-state index >= 15 is 0 Å². The molecule has 0 bridgehead atoms. The second kappa shape index (κ2) is 5.13. The molecule has 3 heteroatoms. The van der Waals surface area contributed by atoms with Gasteiger partial charge in [-0.25, -0.2) is 0 Å². The molecule has 0 spiro atoms.